The van der Waals surface area contributed by atoms with Crippen molar-refractivity contribution in [3.63, 3.8) is 0 Å². The van der Waals surface area contributed by atoms with Crippen LogP contribution < -0.4 is 5.32 Å². The topological polar surface area (TPSA) is 69.6 Å². The highest BCUT2D eigenvalue weighted by atomic mass is 35.5. The van der Waals surface area contributed by atoms with Gasteiger partial charge in [0.15, 0.2) is 0 Å². The first kappa shape index (κ1) is 15.7. The molecule has 0 bridgehead atoms. The van der Waals surface area contributed by atoms with Gasteiger partial charge in [-0.05, 0) is 12.1 Å². The number of rotatable bonds is 4. The second-order valence-corrected chi connectivity index (χ2v) is 5.90. The van der Waals surface area contributed by atoms with Gasteiger partial charge in [0.1, 0.15) is 29.1 Å². The number of aliphatic hydroxyl groups excluding tert-OH is 1. The fraction of sp³-hybridized carbons (Fsp3) is 0.154. The van der Waals surface area contributed by atoms with Crippen molar-refractivity contribution in [1.82, 2.24) is 5.32 Å². The number of thiophene rings is 1. The van der Waals surface area contributed by atoms with Crippen molar-refractivity contribution in [2.75, 3.05) is 6.54 Å². The number of nitrogens with one attached hydrogen (secondary N) is 1. The third kappa shape index (κ3) is 3.69. The molecular formula is C13H10ClF2NO3S. The van der Waals surface area contributed by atoms with E-state index in [4.69, 9.17) is 11.6 Å². The highest BCUT2D eigenvalue weighted by molar-refractivity contribution is 7.16. The fourth-order valence-corrected chi connectivity index (χ4v) is 2.72. The molecule has 0 saturated carbocycles. The summed E-state index contributed by atoms with van der Waals surface area (Å²) in [5.74, 6) is -3.93. The molecule has 3 N–H and O–H groups in total. The number of aromatic hydroxyl groups is 1. The van der Waals surface area contributed by atoms with Crippen LogP contribution in [0.5, 0.6) is 5.75 Å². The maximum absolute atomic E-state index is 13.5. The lowest BCUT2D eigenvalue weighted by Gasteiger charge is -2.11. The quantitative estimate of drug-likeness (QED) is 0.806. The molecule has 4 nitrogen and oxygen atoms in total. The van der Waals surface area contributed by atoms with Crippen molar-refractivity contribution < 1.29 is 23.8 Å². The van der Waals surface area contributed by atoms with Crippen molar-refractivity contribution >= 4 is 28.8 Å². The summed E-state index contributed by atoms with van der Waals surface area (Å²) in [5, 5.41) is 21.5. The Kier molecular flexibility index (Phi) is 4.76. The van der Waals surface area contributed by atoms with Crippen LogP contribution in [0, 0.1) is 11.6 Å². The molecule has 8 heteroatoms. The largest absolute Gasteiger partial charge is 0.507 e. The number of benzene rings is 1. The Balaban J connectivity index is 2.05. The van der Waals surface area contributed by atoms with Crippen LogP contribution in [-0.4, -0.2) is 22.7 Å². The van der Waals surface area contributed by atoms with E-state index >= 15 is 0 Å². The van der Waals surface area contributed by atoms with Crippen molar-refractivity contribution in [3.05, 3.63) is 50.7 Å². The van der Waals surface area contributed by atoms with Gasteiger partial charge in [-0.2, -0.15) is 0 Å². The summed E-state index contributed by atoms with van der Waals surface area (Å²) in [6.07, 6.45) is -1.02. The Bertz CT molecular complexity index is 654. The molecule has 1 atom stereocenters. The van der Waals surface area contributed by atoms with E-state index in [1.807, 2.05) is 0 Å². The first-order valence-corrected chi connectivity index (χ1v) is 6.97. The van der Waals surface area contributed by atoms with Crippen molar-refractivity contribution in [3.8, 4) is 5.75 Å². The Labute approximate surface area is 127 Å². The molecule has 1 aromatic heterocycles. The van der Waals surface area contributed by atoms with Gasteiger partial charge in [0, 0.05) is 23.6 Å². The number of carbonyl (C=O) groups excluding carboxylic acids is 1. The molecule has 0 saturated heterocycles. The number of halogens is 3. The van der Waals surface area contributed by atoms with Gasteiger partial charge in [0.2, 0.25) is 0 Å². The highest BCUT2D eigenvalue weighted by Gasteiger charge is 2.19. The normalized spacial score (nSPS) is 12.2. The predicted molar refractivity (Wildman–Crippen MR) is 74.6 cm³/mol. The number of hydrogen-bond donors (Lipinski definition) is 3. The molecule has 1 amide bonds. The van der Waals surface area contributed by atoms with E-state index in [0.29, 0.717) is 21.3 Å². The van der Waals surface area contributed by atoms with Gasteiger partial charge in [-0.15, -0.1) is 11.3 Å². The lowest BCUT2D eigenvalue weighted by molar-refractivity contribution is 0.0911. The Morgan fingerprint density at radius 2 is 2.10 bits per heavy atom. The molecule has 0 spiro atoms. The number of carbonyl (C=O) groups is 1. The van der Waals surface area contributed by atoms with E-state index in [-0.39, 0.29) is 6.54 Å². The molecule has 1 unspecified atom stereocenters. The minimum atomic E-state index is -1.18. The summed E-state index contributed by atoms with van der Waals surface area (Å²) in [4.78, 5) is 12.3. The van der Waals surface area contributed by atoms with Gasteiger partial charge in [-0.3, -0.25) is 4.79 Å². The summed E-state index contributed by atoms with van der Waals surface area (Å²) < 4.78 is 26.8. The minimum absolute atomic E-state index is 0.202. The van der Waals surface area contributed by atoms with E-state index < -0.39 is 35.0 Å². The van der Waals surface area contributed by atoms with E-state index in [1.165, 1.54) is 0 Å². The second kappa shape index (κ2) is 6.38. The van der Waals surface area contributed by atoms with Crippen LogP contribution in [0.4, 0.5) is 8.78 Å². The lowest BCUT2D eigenvalue weighted by atomic mass is 10.1. The van der Waals surface area contributed by atoms with Crippen LogP contribution in [0.1, 0.15) is 21.3 Å². The molecule has 0 aliphatic carbocycles. The average molecular weight is 334 g/mol. The molecule has 0 aliphatic heterocycles. The number of amides is 1. The fourth-order valence-electron chi connectivity index (χ4n) is 1.67. The molecule has 1 heterocycles. The number of phenolic OH excluding ortho intramolecular Hbond substituents is 1. The zero-order chi connectivity index (χ0) is 15.6. The zero-order valence-electron chi connectivity index (χ0n) is 10.4. The highest BCUT2D eigenvalue weighted by Crippen LogP contribution is 2.27. The van der Waals surface area contributed by atoms with Gasteiger partial charge in [0.25, 0.3) is 5.91 Å². The van der Waals surface area contributed by atoms with Crippen LogP contribution in [-0.2, 0) is 0 Å². The van der Waals surface area contributed by atoms with Crippen molar-refractivity contribution in [2.24, 2.45) is 0 Å². The SMILES string of the molecule is O=C(NCC(O)c1ccc(Cl)s1)c1c(O)cc(F)cc1F. The molecule has 0 radical (unpaired) electrons. The van der Waals surface area contributed by atoms with Crippen LogP contribution in [0.3, 0.4) is 0 Å². The van der Waals surface area contributed by atoms with Crippen LogP contribution >= 0.6 is 22.9 Å². The molecule has 0 aliphatic rings. The van der Waals surface area contributed by atoms with Gasteiger partial charge < -0.3 is 15.5 Å². The van der Waals surface area contributed by atoms with Crippen LogP contribution in [0.25, 0.3) is 0 Å². The average Bonchev–Trinajstić information content (AvgIpc) is 2.81. The standard InChI is InChI=1S/C13H10ClF2NO3S/c14-11-2-1-10(21-11)9(19)5-17-13(20)12-7(16)3-6(15)4-8(12)18/h1-4,9,18-19H,5H2,(H,17,20). The zero-order valence-corrected chi connectivity index (χ0v) is 12.0. The molecule has 2 aromatic rings. The van der Waals surface area contributed by atoms with E-state index in [0.717, 1.165) is 11.3 Å². The first-order chi connectivity index (χ1) is 9.88. The maximum atomic E-state index is 13.5. The van der Waals surface area contributed by atoms with Crippen LogP contribution in [0.15, 0.2) is 24.3 Å². The summed E-state index contributed by atoms with van der Waals surface area (Å²) in [6.45, 7) is -0.202. The number of hydrogen-bond acceptors (Lipinski definition) is 4. The summed E-state index contributed by atoms with van der Waals surface area (Å²) >= 11 is 6.86. The van der Waals surface area contributed by atoms with Crippen LogP contribution in [0.2, 0.25) is 4.34 Å². The third-order valence-electron chi connectivity index (χ3n) is 2.64. The maximum Gasteiger partial charge on any atom is 0.258 e. The monoisotopic (exact) mass is 333 g/mol. The predicted octanol–water partition coefficient (Wildman–Crippen LogP) is 2.85. The molecule has 2 rings (SSSR count). The van der Waals surface area contributed by atoms with E-state index in [1.54, 1.807) is 12.1 Å². The van der Waals surface area contributed by atoms with Gasteiger partial charge in [-0.25, -0.2) is 8.78 Å². The van der Waals surface area contributed by atoms with E-state index in [2.05, 4.69) is 5.32 Å². The van der Waals surface area contributed by atoms with Gasteiger partial charge in [-0.1, -0.05) is 11.6 Å². The Hall–Kier alpha value is -1.70. The van der Waals surface area contributed by atoms with Gasteiger partial charge >= 0.3 is 0 Å². The van der Waals surface area contributed by atoms with E-state index in [9.17, 15) is 23.8 Å². The summed E-state index contributed by atoms with van der Waals surface area (Å²) in [7, 11) is 0. The Morgan fingerprint density at radius 3 is 2.67 bits per heavy atom. The summed E-state index contributed by atoms with van der Waals surface area (Å²) in [6, 6.07) is 4.31. The molecule has 112 valence electrons. The molecular weight excluding hydrogens is 324 g/mol. The smallest absolute Gasteiger partial charge is 0.258 e. The number of phenols is 1. The molecule has 21 heavy (non-hydrogen) atoms. The first-order valence-electron chi connectivity index (χ1n) is 5.78. The second-order valence-electron chi connectivity index (χ2n) is 4.15. The van der Waals surface area contributed by atoms with Gasteiger partial charge in [0.05, 0.1) is 4.34 Å². The number of aliphatic hydroxyl groups is 1. The Morgan fingerprint density at radius 1 is 1.38 bits per heavy atom. The van der Waals surface area contributed by atoms with Crippen molar-refractivity contribution in [2.45, 2.75) is 6.10 Å². The molecule has 1 aromatic carbocycles. The summed E-state index contributed by atoms with van der Waals surface area (Å²) in [5.41, 5.74) is -0.673. The third-order valence-corrected chi connectivity index (χ3v) is 3.97. The lowest BCUT2D eigenvalue weighted by Crippen LogP contribution is -2.29. The molecule has 0 fully saturated rings. The minimum Gasteiger partial charge on any atom is -0.507 e. The van der Waals surface area contributed by atoms with Crippen molar-refractivity contribution in [1.29, 1.82) is 0 Å².